The maximum atomic E-state index is 13.1. The van der Waals surface area contributed by atoms with E-state index < -0.39 is 47.6 Å². The standard InChI is InChI=1S/C21H31N7O6/c1-20(2,3)34-19(32)28-21(5-4-6-21)18(31)26-11-7-12(30)17(33-13(11)8-29)27-16-14-15(23-9-22-14)24-10-25-16/h9-13,17,29-30H,4-8H2,1-3H3,(H,26,31)(H,28,32)(H2,22,23,24,25,27)/t11-,12+,13+,17+/m1/s1. The lowest BCUT2D eigenvalue weighted by Gasteiger charge is -2.44. The quantitative estimate of drug-likeness (QED) is 0.335. The molecule has 2 aromatic rings. The first-order valence-corrected chi connectivity index (χ1v) is 11.3. The van der Waals surface area contributed by atoms with E-state index >= 15 is 0 Å². The second kappa shape index (κ2) is 9.31. The van der Waals surface area contributed by atoms with Crippen LogP contribution in [0.1, 0.15) is 46.5 Å². The second-order valence-electron chi connectivity index (χ2n) is 9.69. The Balaban J connectivity index is 1.40. The van der Waals surface area contributed by atoms with Crippen molar-refractivity contribution in [2.75, 3.05) is 11.9 Å². The summed E-state index contributed by atoms with van der Waals surface area (Å²) in [6.07, 6.45) is 1.29. The van der Waals surface area contributed by atoms with Gasteiger partial charge in [0.2, 0.25) is 5.91 Å². The summed E-state index contributed by atoms with van der Waals surface area (Å²) >= 11 is 0. The Morgan fingerprint density at radius 3 is 2.71 bits per heavy atom. The molecule has 3 heterocycles. The minimum atomic E-state index is -1.09. The zero-order chi connectivity index (χ0) is 24.5. The van der Waals surface area contributed by atoms with Gasteiger partial charge in [-0.2, -0.15) is 0 Å². The Morgan fingerprint density at radius 1 is 1.29 bits per heavy atom. The summed E-state index contributed by atoms with van der Waals surface area (Å²) in [4.78, 5) is 40.6. The van der Waals surface area contributed by atoms with E-state index in [0.29, 0.717) is 29.8 Å². The van der Waals surface area contributed by atoms with E-state index in [4.69, 9.17) is 9.47 Å². The summed E-state index contributed by atoms with van der Waals surface area (Å²) in [5, 5.41) is 29.2. The number of aromatic nitrogens is 4. The number of aliphatic hydroxyl groups excluding tert-OH is 2. The Labute approximate surface area is 196 Å². The molecule has 4 rings (SSSR count). The second-order valence-corrected chi connectivity index (χ2v) is 9.69. The number of rotatable bonds is 6. The number of aromatic amines is 1. The molecule has 2 amide bonds. The zero-order valence-electron chi connectivity index (χ0n) is 19.4. The molecule has 0 spiro atoms. The van der Waals surface area contributed by atoms with Crippen LogP contribution >= 0.6 is 0 Å². The van der Waals surface area contributed by atoms with Gasteiger partial charge in [-0.15, -0.1) is 0 Å². The van der Waals surface area contributed by atoms with Crippen LogP contribution in [0, 0.1) is 0 Å². The van der Waals surface area contributed by atoms with Gasteiger partial charge in [0.05, 0.1) is 19.0 Å². The molecule has 1 saturated heterocycles. The van der Waals surface area contributed by atoms with E-state index in [0.717, 1.165) is 6.42 Å². The smallest absolute Gasteiger partial charge is 0.408 e. The number of carbonyl (C=O) groups is 2. The SMILES string of the molecule is CC(C)(C)OC(=O)NC1(C(=O)N[C@@H]2C[C@H](O)[C@@H](Nc3ncnc4nc[nH]c34)O[C@H]2CO)CCC1. The predicted octanol–water partition coefficient (Wildman–Crippen LogP) is 0.165. The van der Waals surface area contributed by atoms with Gasteiger partial charge in [-0.05, 0) is 40.0 Å². The number of hydrogen-bond acceptors (Lipinski definition) is 10. The Bertz CT molecular complexity index is 1030. The molecule has 2 fully saturated rings. The number of hydrogen-bond donors (Lipinski definition) is 6. The van der Waals surface area contributed by atoms with E-state index in [1.54, 1.807) is 20.8 Å². The topological polar surface area (TPSA) is 184 Å². The molecule has 1 aliphatic carbocycles. The van der Waals surface area contributed by atoms with Gasteiger partial charge >= 0.3 is 6.09 Å². The van der Waals surface area contributed by atoms with E-state index in [2.05, 4.69) is 35.9 Å². The van der Waals surface area contributed by atoms with Crippen molar-refractivity contribution in [2.45, 2.75) is 82.1 Å². The average molecular weight is 478 g/mol. The van der Waals surface area contributed by atoms with Gasteiger partial charge in [0.25, 0.3) is 0 Å². The number of imidazole rings is 1. The molecule has 1 aliphatic heterocycles. The number of alkyl carbamates (subject to hydrolysis) is 1. The number of nitrogens with one attached hydrogen (secondary N) is 4. The first kappa shape index (κ1) is 24.1. The molecule has 4 atom stereocenters. The van der Waals surface area contributed by atoms with Crippen molar-refractivity contribution in [3.63, 3.8) is 0 Å². The van der Waals surface area contributed by atoms with E-state index in [1.165, 1.54) is 12.7 Å². The molecule has 0 bridgehead atoms. The van der Waals surface area contributed by atoms with Crippen LogP contribution in [0.4, 0.5) is 10.6 Å². The fraction of sp³-hybridized carbons (Fsp3) is 0.667. The van der Waals surface area contributed by atoms with Gasteiger partial charge in [-0.1, -0.05) is 0 Å². The van der Waals surface area contributed by atoms with Gasteiger partial charge in [0.1, 0.15) is 35.2 Å². The molecular weight excluding hydrogens is 446 g/mol. The maximum Gasteiger partial charge on any atom is 0.408 e. The lowest BCUT2D eigenvalue weighted by atomic mass is 9.75. The largest absolute Gasteiger partial charge is 0.444 e. The summed E-state index contributed by atoms with van der Waals surface area (Å²) in [6.45, 7) is 4.85. The van der Waals surface area contributed by atoms with Gasteiger partial charge in [0, 0.05) is 6.42 Å². The number of amides is 2. The van der Waals surface area contributed by atoms with Gasteiger partial charge in [-0.3, -0.25) is 4.79 Å². The van der Waals surface area contributed by atoms with E-state index in [1.807, 2.05) is 0 Å². The average Bonchev–Trinajstić information content (AvgIpc) is 3.21. The number of carbonyl (C=O) groups excluding carboxylic acids is 2. The molecule has 2 aromatic heterocycles. The lowest BCUT2D eigenvalue weighted by molar-refractivity contribution is -0.147. The molecule has 34 heavy (non-hydrogen) atoms. The fourth-order valence-electron chi connectivity index (χ4n) is 4.12. The molecule has 0 radical (unpaired) electrons. The number of H-pyrrole nitrogens is 1. The maximum absolute atomic E-state index is 13.1. The summed E-state index contributed by atoms with van der Waals surface area (Å²) in [5.41, 5.74) is -0.776. The molecule has 6 N–H and O–H groups in total. The van der Waals surface area contributed by atoms with Crippen LogP contribution in [0.2, 0.25) is 0 Å². The van der Waals surface area contributed by atoms with Crippen LogP contribution in [0.5, 0.6) is 0 Å². The van der Waals surface area contributed by atoms with Crippen molar-refractivity contribution in [3.8, 4) is 0 Å². The summed E-state index contributed by atoms with van der Waals surface area (Å²) in [7, 11) is 0. The predicted molar refractivity (Wildman–Crippen MR) is 120 cm³/mol. The van der Waals surface area contributed by atoms with Crippen molar-refractivity contribution >= 4 is 29.0 Å². The van der Waals surface area contributed by atoms with Crippen LogP contribution in [0.3, 0.4) is 0 Å². The summed E-state index contributed by atoms with van der Waals surface area (Å²) < 4.78 is 11.2. The number of fused-ring (bicyclic) bond motifs is 1. The molecule has 186 valence electrons. The molecule has 0 unspecified atom stereocenters. The Kier molecular flexibility index (Phi) is 6.60. The lowest BCUT2D eigenvalue weighted by Crippen LogP contribution is -2.67. The highest BCUT2D eigenvalue weighted by molar-refractivity contribution is 5.91. The van der Waals surface area contributed by atoms with Crippen LogP contribution < -0.4 is 16.0 Å². The van der Waals surface area contributed by atoms with Crippen LogP contribution in [0.15, 0.2) is 12.7 Å². The third-order valence-corrected chi connectivity index (χ3v) is 6.00. The monoisotopic (exact) mass is 477 g/mol. The fourth-order valence-corrected chi connectivity index (χ4v) is 4.12. The van der Waals surface area contributed by atoms with Gasteiger partial charge in [0.15, 0.2) is 17.7 Å². The zero-order valence-corrected chi connectivity index (χ0v) is 19.4. The minimum absolute atomic E-state index is 0.119. The summed E-state index contributed by atoms with van der Waals surface area (Å²) in [5.74, 6) is -0.00838. The minimum Gasteiger partial charge on any atom is -0.444 e. The van der Waals surface area contributed by atoms with Gasteiger partial charge < -0.3 is 40.6 Å². The number of ether oxygens (including phenoxy) is 2. The molecule has 2 aliphatic rings. The van der Waals surface area contributed by atoms with Crippen molar-refractivity contribution in [3.05, 3.63) is 12.7 Å². The molecular formula is C21H31N7O6. The first-order valence-electron chi connectivity index (χ1n) is 11.3. The van der Waals surface area contributed by atoms with Crippen LogP contribution in [-0.4, -0.2) is 84.4 Å². The van der Waals surface area contributed by atoms with Gasteiger partial charge in [-0.25, -0.2) is 19.7 Å². The first-order chi connectivity index (χ1) is 16.1. The highest BCUT2D eigenvalue weighted by atomic mass is 16.6. The van der Waals surface area contributed by atoms with Crippen LogP contribution in [0.25, 0.3) is 11.2 Å². The molecule has 1 saturated carbocycles. The van der Waals surface area contributed by atoms with Crippen molar-refractivity contribution in [1.29, 1.82) is 0 Å². The number of aliphatic hydroxyl groups is 2. The van der Waals surface area contributed by atoms with Crippen molar-refractivity contribution in [1.82, 2.24) is 30.6 Å². The number of nitrogens with zero attached hydrogens (tertiary/aromatic N) is 3. The van der Waals surface area contributed by atoms with Crippen molar-refractivity contribution in [2.24, 2.45) is 0 Å². The van der Waals surface area contributed by atoms with Crippen molar-refractivity contribution < 1.29 is 29.3 Å². The third-order valence-electron chi connectivity index (χ3n) is 6.00. The van der Waals surface area contributed by atoms with E-state index in [-0.39, 0.29) is 13.0 Å². The highest BCUT2D eigenvalue weighted by Gasteiger charge is 2.48. The normalized spacial score (nSPS) is 26.4. The third kappa shape index (κ3) is 5.05. The Hall–Kier alpha value is -3.03. The molecule has 13 nitrogen and oxygen atoms in total. The van der Waals surface area contributed by atoms with Crippen LogP contribution in [-0.2, 0) is 14.3 Å². The Morgan fingerprint density at radius 2 is 2.06 bits per heavy atom. The van der Waals surface area contributed by atoms with E-state index in [9.17, 15) is 19.8 Å². The summed E-state index contributed by atoms with van der Waals surface area (Å²) in [6, 6.07) is -0.666. The molecule has 13 heteroatoms. The highest BCUT2D eigenvalue weighted by Crippen LogP contribution is 2.33. The molecule has 0 aromatic carbocycles. The number of anilines is 1.